The molecule has 23 heavy (non-hydrogen) atoms. The molecule has 116 valence electrons. The molecule has 0 heterocycles. The first kappa shape index (κ1) is 14.3. The molecule has 2 aromatic carbocycles. The molecule has 1 N–H and O–H groups in total. The fourth-order valence-corrected chi connectivity index (χ4v) is 3.91. The van der Waals surface area contributed by atoms with Crippen LogP contribution in [0.25, 0.3) is 5.57 Å². The van der Waals surface area contributed by atoms with E-state index in [1.54, 1.807) is 5.57 Å². The van der Waals surface area contributed by atoms with E-state index in [1.807, 2.05) is 0 Å². The third kappa shape index (κ3) is 2.31. The molecule has 0 saturated heterocycles. The summed E-state index contributed by atoms with van der Waals surface area (Å²) >= 11 is 0. The fraction of sp³-hybridized carbons (Fsp3) is 0.273. The van der Waals surface area contributed by atoms with E-state index in [9.17, 15) is 0 Å². The van der Waals surface area contributed by atoms with Crippen LogP contribution < -0.4 is 5.32 Å². The van der Waals surface area contributed by atoms with Crippen molar-refractivity contribution < 1.29 is 0 Å². The van der Waals surface area contributed by atoms with Gasteiger partial charge in [0, 0.05) is 16.8 Å². The van der Waals surface area contributed by atoms with Crippen LogP contribution in [0.3, 0.4) is 0 Å². The number of fused-ring (bicyclic) bond motifs is 2. The van der Waals surface area contributed by atoms with Gasteiger partial charge in [0.05, 0.1) is 0 Å². The van der Waals surface area contributed by atoms with Gasteiger partial charge in [-0.2, -0.15) is 0 Å². The van der Waals surface area contributed by atoms with Crippen molar-refractivity contribution in [1.82, 2.24) is 0 Å². The van der Waals surface area contributed by atoms with Crippen molar-refractivity contribution >= 4 is 16.9 Å². The molecule has 0 atom stereocenters. The van der Waals surface area contributed by atoms with Crippen molar-refractivity contribution in [2.75, 3.05) is 5.32 Å². The number of rotatable bonds is 2. The lowest BCUT2D eigenvalue weighted by Crippen LogP contribution is -2.17. The summed E-state index contributed by atoms with van der Waals surface area (Å²) in [6, 6.07) is 15.4. The summed E-state index contributed by atoms with van der Waals surface area (Å²) in [5.41, 5.74) is 9.66. The van der Waals surface area contributed by atoms with Crippen LogP contribution in [0.4, 0.5) is 11.4 Å². The summed E-state index contributed by atoms with van der Waals surface area (Å²) in [6.45, 7) is 6.84. The van der Waals surface area contributed by atoms with E-state index in [-0.39, 0.29) is 5.41 Å². The van der Waals surface area contributed by atoms with Crippen LogP contribution in [0.5, 0.6) is 0 Å². The summed E-state index contributed by atoms with van der Waals surface area (Å²) in [5.74, 6) is 0. The average Bonchev–Trinajstić information content (AvgIpc) is 2.78. The molecule has 0 bridgehead atoms. The molecule has 4 rings (SSSR count). The quantitative estimate of drug-likeness (QED) is 0.703. The largest absolute Gasteiger partial charge is 0.356 e. The zero-order chi connectivity index (χ0) is 16.0. The monoisotopic (exact) mass is 301 g/mol. The first-order valence-corrected chi connectivity index (χ1v) is 8.44. The second-order valence-electron chi connectivity index (χ2n) is 7.21. The van der Waals surface area contributed by atoms with E-state index < -0.39 is 0 Å². The van der Waals surface area contributed by atoms with Crippen molar-refractivity contribution in [2.24, 2.45) is 0 Å². The number of hydrogen-bond donors (Lipinski definition) is 1. The Morgan fingerprint density at radius 2 is 1.70 bits per heavy atom. The zero-order valence-corrected chi connectivity index (χ0v) is 14.1. The van der Waals surface area contributed by atoms with Crippen LogP contribution in [0.15, 0.2) is 60.2 Å². The maximum atomic E-state index is 3.54. The molecular formula is C22H23N. The third-order valence-electron chi connectivity index (χ3n) is 5.25. The highest BCUT2D eigenvalue weighted by atomic mass is 14.9. The van der Waals surface area contributed by atoms with Crippen molar-refractivity contribution in [1.29, 1.82) is 0 Å². The molecule has 1 nitrogen and oxygen atoms in total. The third-order valence-corrected chi connectivity index (χ3v) is 5.25. The molecule has 0 fully saturated rings. The van der Waals surface area contributed by atoms with Crippen LogP contribution in [0.1, 0.15) is 43.4 Å². The highest BCUT2D eigenvalue weighted by molar-refractivity contribution is 5.87. The smallest absolute Gasteiger partial charge is 0.0387 e. The Morgan fingerprint density at radius 1 is 0.957 bits per heavy atom. The molecule has 0 saturated carbocycles. The normalized spacial score (nSPS) is 17.9. The van der Waals surface area contributed by atoms with Crippen LogP contribution in [0.2, 0.25) is 0 Å². The molecule has 2 aromatic rings. The minimum atomic E-state index is 0.139. The molecule has 2 aliphatic carbocycles. The lowest BCUT2D eigenvalue weighted by Gasteiger charge is -2.26. The van der Waals surface area contributed by atoms with E-state index in [1.165, 1.54) is 40.8 Å². The molecule has 0 aromatic heterocycles. The van der Waals surface area contributed by atoms with Crippen LogP contribution in [-0.4, -0.2) is 0 Å². The van der Waals surface area contributed by atoms with Gasteiger partial charge in [0.2, 0.25) is 0 Å². The minimum absolute atomic E-state index is 0.139. The Hall–Kier alpha value is -2.28. The van der Waals surface area contributed by atoms with E-state index in [0.29, 0.717) is 0 Å². The number of nitrogens with one attached hydrogen (secondary N) is 1. The number of benzene rings is 2. The van der Waals surface area contributed by atoms with Crippen molar-refractivity contribution in [3.05, 3.63) is 76.9 Å². The van der Waals surface area contributed by atoms with Gasteiger partial charge in [-0.15, -0.1) is 0 Å². The number of aryl methyl sites for hydroxylation is 1. The Bertz CT molecular complexity index is 820. The van der Waals surface area contributed by atoms with Crippen molar-refractivity contribution in [3.63, 3.8) is 0 Å². The number of hydrogen-bond acceptors (Lipinski definition) is 1. The molecule has 0 radical (unpaired) electrons. The standard InChI is InChI=1S/C22H23N/c1-15-8-10-16(11-9-15)23-17-12-13-19-18-6-4-5-7-20(18)22(2,3)21(19)14-17/h4,6,8-14,23H,5,7H2,1-3H3. The van der Waals surface area contributed by atoms with Gasteiger partial charge >= 0.3 is 0 Å². The summed E-state index contributed by atoms with van der Waals surface area (Å²) in [4.78, 5) is 0. The van der Waals surface area contributed by atoms with E-state index in [2.05, 4.69) is 80.7 Å². The predicted octanol–water partition coefficient (Wildman–Crippen LogP) is 6.13. The van der Waals surface area contributed by atoms with E-state index >= 15 is 0 Å². The SMILES string of the molecule is Cc1ccc(Nc2ccc3c(c2)C(C)(C)C2=C3C=CCC2)cc1. The van der Waals surface area contributed by atoms with Crippen LogP contribution in [-0.2, 0) is 5.41 Å². The Labute approximate surface area is 138 Å². The number of allylic oxidation sites excluding steroid dienone is 4. The summed E-state index contributed by atoms with van der Waals surface area (Å²) < 4.78 is 0. The zero-order valence-electron chi connectivity index (χ0n) is 14.1. The lowest BCUT2D eigenvalue weighted by atomic mass is 9.78. The molecule has 0 spiro atoms. The van der Waals surface area contributed by atoms with Gasteiger partial charge in [-0.3, -0.25) is 0 Å². The first-order chi connectivity index (χ1) is 11.1. The number of anilines is 2. The van der Waals surface area contributed by atoms with Gasteiger partial charge in [0.25, 0.3) is 0 Å². The Balaban J connectivity index is 1.71. The lowest BCUT2D eigenvalue weighted by molar-refractivity contribution is 0.607. The molecule has 0 unspecified atom stereocenters. The minimum Gasteiger partial charge on any atom is -0.356 e. The van der Waals surface area contributed by atoms with Gasteiger partial charge in [0.15, 0.2) is 0 Å². The fourth-order valence-electron chi connectivity index (χ4n) is 3.91. The predicted molar refractivity (Wildman–Crippen MR) is 99.2 cm³/mol. The summed E-state index contributed by atoms with van der Waals surface area (Å²) in [6.07, 6.45) is 6.99. The highest BCUT2D eigenvalue weighted by Crippen LogP contribution is 2.50. The summed E-state index contributed by atoms with van der Waals surface area (Å²) in [5, 5.41) is 3.54. The second-order valence-corrected chi connectivity index (χ2v) is 7.21. The van der Waals surface area contributed by atoms with Crippen LogP contribution in [0, 0.1) is 6.92 Å². The Kier molecular flexibility index (Phi) is 3.19. The molecule has 0 aliphatic heterocycles. The van der Waals surface area contributed by atoms with Gasteiger partial charge in [0.1, 0.15) is 0 Å². The maximum absolute atomic E-state index is 3.54. The van der Waals surface area contributed by atoms with Crippen molar-refractivity contribution in [3.8, 4) is 0 Å². The Morgan fingerprint density at radius 3 is 2.48 bits per heavy atom. The second kappa shape index (κ2) is 5.13. The first-order valence-electron chi connectivity index (χ1n) is 8.44. The van der Waals surface area contributed by atoms with E-state index in [0.717, 1.165) is 5.69 Å². The van der Waals surface area contributed by atoms with Gasteiger partial charge in [-0.05, 0) is 60.7 Å². The average molecular weight is 301 g/mol. The molecule has 1 heteroatoms. The summed E-state index contributed by atoms with van der Waals surface area (Å²) in [7, 11) is 0. The molecule has 2 aliphatic rings. The van der Waals surface area contributed by atoms with Gasteiger partial charge in [-0.1, -0.05) is 55.3 Å². The van der Waals surface area contributed by atoms with Crippen LogP contribution >= 0.6 is 0 Å². The molecular weight excluding hydrogens is 278 g/mol. The van der Waals surface area contributed by atoms with E-state index in [4.69, 9.17) is 0 Å². The van der Waals surface area contributed by atoms with Gasteiger partial charge in [-0.25, -0.2) is 0 Å². The van der Waals surface area contributed by atoms with Gasteiger partial charge < -0.3 is 5.32 Å². The maximum Gasteiger partial charge on any atom is 0.0387 e. The highest BCUT2D eigenvalue weighted by Gasteiger charge is 2.37. The van der Waals surface area contributed by atoms with Crippen molar-refractivity contribution in [2.45, 2.75) is 39.0 Å². The molecule has 0 amide bonds. The topological polar surface area (TPSA) is 12.0 Å².